The molecule has 0 atom stereocenters. The molecule has 72 valence electrons. The Morgan fingerprint density at radius 2 is 2.25 bits per heavy atom. The molecule has 0 bridgehead atoms. The molecule has 1 saturated heterocycles. The van der Waals surface area contributed by atoms with E-state index < -0.39 is 0 Å². The molecule has 1 rings (SSSR count). The van der Waals surface area contributed by atoms with E-state index >= 15 is 0 Å². The van der Waals surface area contributed by atoms with Crippen LogP contribution in [0.2, 0.25) is 0 Å². The van der Waals surface area contributed by atoms with Gasteiger partial charge in [0, 0.05) is 38.8 Å². The average Bonchev–Trinajstić information content (AvgIpc) is 1.99. The number of methoxy groups -OCH3 is 1. The van der Waals surface area contributed by atoms with E-state index in [1.165, 1.54) is 0 Å². The molecule has 1 aliphatic heterocycles. The smallest absolute Gasteiger partial charge is 0.0589 e. The van der Waals surface area contributed by atoms with Crippen LogP contribution in [-0.2, 0) is 4.74 Å². The third-order valence-electron chi connectivity index (χ3n) is 2.26. The summed E-state index contributed by atoms with van der Waals surface area (Å²) in [5.41, 5.74) is 0.270. The zero-order chi connectivity index (χ0) is 9.03. The summed E-state index contributed by atoms with van der Waals surface area (Å²) in [6.45, 7) is 9.75. The van der Waals surface area contributed by atoms with Crippen LogP contribution in [0.25, 0.3) is 0 Å². The first-order valence-electron chi connectivity index (χ1n) is 4.60. The molecule has 1 fully saturated rings. The van der Waals surface area contributed by atoms with Gasteiger partial charge in [0.1, 0.15) is 0 Å². The summed E-state index contributed by atoms with van der Waals surface area (Å²) in [4.78, 5) is 2.44. The molecule has 0 aromatic heterocycles. The number of nitrogens with zero attached hydrogens (tertiary/aromatic N) is 1. The quantitative estimate of drug-likeness (QED) is 0.663. The van der Waals surface area contributed by atoms with Crippen LogP contribution in [0, 0.1) is 0 Å². The van der Waals surface area contributed by atoms with Crippen LogP contribution < -0.4 is 5.32 Å². The molecule has 3 heteroatoms. The van der Waals surface area contributed by atoms with Crippen molar-refractivity contribution in [3.05, 3.63) is 0 Å². The zero-order valence-electron chi connectivity index (χ0n) is 8.39. The molecule has 0 saturated carbocycles. The third kappa shape index (κ3) is 3.09. The van der Waals surface area contributed by atoms with Crippen molar-refractivity contribution in [3.8, 4) is 0 Å². The highest BCUT2D eigenvalue weighted by Gasteiger charge is 2.24. The summed E-state index contributed by atoms with van der Waals surface area (Å²) in [5, 5.41) is 3.48. The van der Waals surface area contributed by atoms with Gasteiger partial charge >= 0.3 is 0 Å². The van der Waals surface area contributed by atoms with Crippen LogP contribution >= 0.6 is 0 Å². The van der Waals surface area contributed by atoms with Gasteiger partial charge in [-0.25, -0.2) is 0 Å². The van der Waals surface area contributed by atoms with Crippen molar-refractivity contribution in [2.24, 2.45) is 0 Å². The van der Waals surface area contributed by atoms with Crippen molar-refractivity contribution in [1.82, 2.24) is 10.2 Å². The van der Waals surface area contributed by atoms with Gasteiger partial charge in [-0.2, -0.15) is 0 Å². The molecule has 0 radical (unpaired) electrons. The van der Waals surface area contributed by atoms with Crippen molar-refractivity contribution >= 4 is 0 Å². The Labute approximate surface area is 75.1 Å². The Morgan fingerprint density at radius 1 is 1.50 bits per heavy atom. The highest BCUT2D eigenvalue weighted by Crippen LogP contribution is 2.09. The third-order valence-corrected chi connectivity index (χ3v) is 2.26. The molecule has 0 amide bonds. The number of nitrogens with one attached hydrogen (secondary N) is 1. The number of hydrogen-bond acceptors (Lipinski definition) is 3. The highest BCUT2D eigenvalue weighted by atomic mass is 16.5. The van der Waals surface area contributed by atoms with Crippen LogP contribution in [0.4, 0.5) is 0 Å². The largest absolute Gasteiger partial charge is 0.383 e. The minimum atomic E-state index is 0.270. The van der Waals surface area contributed by atoms with Crippen LogP contribution in [-0.4, -0.2) is 50.3 Å². The second-order valence-corrected chi connectivity index (χ2v) is 4.08. The van der Waals surface area contributed by atoms with Crippen molar-refractivity contribution in [3.63, 3.8) is 0 Å². The summed E-state index contributed by atoms with van der Waals surface area (Å²) in [6.07, 6.45) is 0. The summed E-state index contributed by atoms with van der Waals surface area (Å²) >= 11 is 0. The molecule has 1 N–H and O–H groups in total. The van der Waals surface area contributed by atoms with E-state index in [2.05, 4.69) is 24.1 Å². The topological polar surface area (TPSA) is 24.5 Å². The summed E-state index contributed by atoms with van der Waals surface area (Å²) < 4.78 is 5.05. The number of rotatable bonds is 3. The fourth-order valence-corrected chi connectivity index (χ4v) is 1.66. The van der Waals surface area contributed by atoms with E-state index in [1.807, 2.05) is 0 Å². The van der Waals surface area contributed by atoms with E-state index in [0.29, 0.717) is 0 Å². The lowest BCUT2D eigenvalue weighted by molar-refractivity contribution is 0.106. The predicted molar refractivity (Wildman–Crippen MR) is 50.4 cm³/mol. The van der Waals surface area contributed by atoms with Crippen molar-refractivity contribution in [2.75, 3.05) is 39.9 Å². The van der Waals surface area contributed by atoms with Gasteiger partial charge in [-0.1, -0.05) is 0 Å². The van der Waals surface area contributed by atoms with Crippen LogP contribution in [0.15, 0.2) is 0 Å². The maximum atomic E-state index is 5.05. The first-order valence-corrected chi connectivity index (χ1v) is 4.60. The first kappa shape index (κ1) is 9.96. The van der Waals surface area contributed by atoms with E-state index in [1.54, 1.807) is 7.11 Å². The highest BCUT2D eigenvalue weighted by molar-refractivity contribution is 4.86. The zero-order valence-corrected chi connectivity index (χ0v) is 8.39. The lowest BCUT2D eigenvalue weighted by Gasteiger charge is -2.38. The number of piperazine rings is 1. The molecule has 0 aromatic carbocycles. The van der Waals surface area contributed by atoms with Gasteiger partial charge in [-0.05, 0) is 13.8 Å². The lowest BCUT2D eigenvalue weighted by atomic mass is 10.0. The molecule has 1 aliphatic rings. The average molecular weight is 172 g/mol. The predicted octanol–water partition coefficient (Wildman–Crippen LogP) is 0.317. The number of ether oxygens (including phenoxy) is 1. The Kier molecular flexibility index (Phi) is 3.50. The number of hydrogen-bond donors (Lipinski definition) is 1. The normalized spacial score (nSPS) is 24.2. The van der Waals surface area contributed by atoms with Crippen molar-refractivity contribution < 1.29 is 4.74 Å². The Balaban J connectivity index is 2.26. The maximum absolute atomic E-state index is 5.05. The van der Waals surface area contributed by atoms with Gasteiger partial charge in [0.05, 0.1) is 6.61 Å². The Hall–Kier alpha value is -0.120. The van der Waals surface area contributed by atoms with Crippen LogP contribution in [0.3, 0.4) is 0 Å². The molecular formula is C9H20N2O. The molecule has 0 aliphatic carbocycles. The van der Waals surface area contributed by atoms with Crippen LogP contribution in [0.5, 0.6) is 0 Å². The second-order valence-electron chi connectivity index (χ2n) is 4.08. The molecule has 3 nitrogen and oxygen atoms in total. The first-order chi connectivity index (χ1) is 5.64. The van der Waals surface area contributed by atoms with Gasteiger partial charge in [-0.3, -0.25) is 4.90 Å². The van der Waals surface area contributed by atoms with E-state index in [0.717, 1.165) is 32.8 Å². The summed E-state index contributed by atoms with van der Waals surface area (Å²) in [6, 6.07) is 0. The van der Waals surface area contributed by atoms with Gasteiger partial charge in [0.2, 0.25) is 0 Å². The van der Waals surface area contributed by atoms with E-state index in [4.69, 9.17) is 4.74 Å². The fraction of sp³-hybridized carbons (Fsp3) is 1.00. The standard InChI is InChI=1S/C9H20N2O/c1-9(2)8-11(5-4-10-9)6-7-12-3/h10H,4-8H2,1-3H3. The minimum absolute atomic E-state index is 0.270. The van der Waals surface area contributed by atoms with Gasteiger partial charge < -0.3 is 10.1 Å². The molecule has 12 heavy (non-hydrogen) atoms. The molecule has 0 unspecified atom stereocenters. The molecule has 0 aromatic rings. The second kappa shape index (κ2) is 4.21. The van der Waals surface area contributed by atoms with Crippen LogP contribution in [0.1, 0.15) is 13.8 Å². The molecular weight excluding hydrogens is 152 g/mol. The fourth-order valence-electron chi connectivity index (χ4n) is 1.66. The van der Waals surface area contributed by atoms with E-state index in [-0.39, 0.29) is 5.54 Å². The molecule has 1 heterocycles. The Morgan fingerprint density at radius 3 is 2.83 bits per heavy atom. The summed E-state index contributed by atoms with van der Waals surface area (Å²) in [5.74, 6) is 0. The minimum Gasteiger partial charge on any atom is -0.383 e. The lowest BCUT2D eigenvalue weighted by Crippen LogP contribution is -2.57. The van der Waals surface area contributed by atoms with Crippen molar-refractivity contribution in [1.29, 1.82) is 0 Å². The summed E-state index contributed by atoms with van der Waals surface area (Å²) in [7, 11) is 1.76. The van der Waals surface area contributed by atoms with E-state index in [9.17, 15) is 0 Å². The Bertz CT molecular complexity index is 136. The van der Waals surface area contributed by atoms with Gasteiger partial charge in [0.15, 0.2) is 0 Å². The van der Waals surface area contributed by atoms with Gasteiger partial charge in [-0.15, -0.1) is 0 Å². The van der Waals surface area contributed by atoms with Gasteiger partial charge in [0.25, 0.3) is 0 Å². The maximum Gasteiger partial charge on any atom is 0.0589 e. The molecule has 0 spiro atoms. The SMILES string of the molecule is COCCN1CCNC(C)(C)C1. The monoisotopic (exact) mass is 172 g/mol. The van der Waals surface area contributed by atoms with Crippen molar-refractivity contribution in [2.45, 2.75) is 19.4 Å².